The van der Waals surface area contributed by atoms with Gasteiger partial charge >= 0.3 is 0 Å². The summed E-state index contributed by atoms with van der Waals surface area (Å²) in [7, 11) is 0. The Balaban J connectivity index is 2.01. The Kier molecular flexibility index (Phi) is 5.21. The summed E-state index contributed by atoms with van der Waals surface area (Å²) in [4.78, 5) is 2.48. The number of aliphatic hydroxyl groups excluding tert-OH is 1. The van der Waals surface area contributed by atoms with Gasteiger partial charge in [-0.3, -0.25) is 0 Å². The second-order valence-corrected chi connectivity index (χ2v) is 5.26. The lowest BCUT2D eigenvalue weighted by Gasteiger charge is -2.30. The van der Waals surface area contributed by atoms with Crippen LogP contribution in [0.5, 0.6) is 0 Å². The highest BCUT2D eigenvalue weighted by Crippen LogP contribution is 2.31. The number of hydrogen-bond acceptors (Lipinski definition) is 2. The quantitative estimate of drug-likeness (QED) is 0.835. The average Bonchev–Trinajstić information content (AvgIpc) is 2.43. The zero-order valence-electron chi connectivity index (χ0n) is 11.4. The highest BCUT2D eigenvalue weighted by molar-refractivity contribution is 5.32. The van der Waals surface area contributed by atoms with Crippen LogP contribution >= 0.6 is 0 Å². The molecule has 0 radical (unpaired) electrons. The molecule has 2 heteroatoms. The maximum Gasteiger partial charge on any atom is 0.0443 e. The van der Waals surface area contributed by atoms with Crippen molar-refractivity contribution in [1.82, 2.24) is 4.90 Å². The number of aliphatic hydroxyl groups is 1. The second-order valence-electron chi connectivity index (χ2n) is 5.26. The predicted molar refractivity (Wildman–Crippen MR) is 75.9 cm³/mol. The Bertz CT molecular complexity index is 364. The minimum Gasteiger partial charge on any atom is -0.396 e. The van der Waals surface area contributed by atoms with Gasteiger partial charge in [0, 0.05) is 19.7 Å². The summed E-state index contributed by atoms with van der Waals surface area (Å²) in [6.45, 7) is 5.77. The summed E-state index contributed by atoms with van der Waals surface area (Å²) in [6, 6.07) is 8.91. The van der Waals surface area contributed by atoms with Crippen LogP contribution in [0.2, 0.25) is 0 Å². The van der Waals surface area contributed by atoms with Gasteiger partial charge in [-0.1, -0.05) is 31.2 Å². The van der Waals surface area contributed by atoms with Crippen LogP contribution in [0.1, 0.15) is 43.2 Å². The van der Waals surface area contributed by atoms with Gasteiger partial charge in [-0.15, -0.1) is 0 Å². The number of aryl methyl sites for hydroxylation is 1. The lowest BCUT2D eigenvalue weighted by atomic mass is 9.82. The molecule has 1 aromatic rings. The Hall–Kier alpha value is -0.860. The molecule has 0 aromatic heterocycles. The Morgan fingerprint density at radius 2 is 2.17 bits per heavy atom. The van der Waals surface area contributed by atoms with Crippen molar-refractivity contribution in [3.63, 3.8) is 0 Å². The van der Waals surface area contributed by atoms with Gasteiger partial charge in [0.1, 0.15) is 0 Å². The molecule has 1 aliphatic carbocycles. The molecular formula is C16H25NO. The van der Waals surface area contributed by atoms with Crippen molar-refractivity contribution < 1.29 is 5.11 Å². The molecular weight excluding hydrogens is 222 g/mol. The third-order valence-corrected chi connectivity index (χ3v) is 4.05. The van der Waals surface area contributed by atoms with Crippen LogP contribution in [0.4, 0.5) is 0 Å². The lowest BCUT2D eigenvalue weighted by Crippen LogP contribution is -2.31. The van der Waals surface area contributed by atoms with E-state index in [1.54, 1.807) is 11.1 Å². The molecule has 2 nitrogen and oxygen atoms in total. The smallest absolute Gasteiger partial charge is 0.0443 e. The first-order chi connectivity index (χ1) is 8.85. The molecule has 0 saturated carbocycles. The van der Waals surface area contributed by atoms with E-state index in [-0.39, 0.29) is 0 Å². The fourth-order valence-corrected chi connectivity index (χ4v) is 3.03. The van der Waals surface area contributed by atoms with Crippen LogP contribution in [-0.4, -0.2) is 36.2 Å². The van der Waals surface area contributed by atoms with Crippen LogP contribution in [0.25, 0.3) is 0 Å². The topological polar surface area (TPSA) is 23.5 Å². The normalized spacial score (nSPS) is 18.9. The molecule has 1 atom stereocenters. The standard InChI is InChI=1S/C16H25NO/c1-2-17(11-6-12-18)13-15-9-5-8-14-7-3-4-10-16(14)15/h3-4,7,10,15,18H,2,5-6,8-9,11-13H2,1H3. The van der Waals surface area contributed by atoms with Crippen LogP contribution in [0.3, 0.4) is 0 Å². The zero-order chi connectivity index (χ0) is 12.8. The fourth-order valence-electron chi connectivity index (χ4n) is 3.03. The van der Waals surface area contributed by atoms with Crippen molar-refractivity contribution in [2.24, 2.45) is 0 Å². The summed E-state index contributed by atoms with van der Waals surface area (Å²) >= 11 is 0. The summed E-state index contributed by atoms with van der Waals surface area (Å²) in [5.74, 6) is 0.689. The van der Waals surface area contributed by atoms with Gasteiger partial charge in [0.05, 0.1) is 0 Å². The molecule has 0 aliphatic heterocycles. The molecule has 0 saturated heterocycles. The van der Waals surface area contributed by atoms with E-state index >= 15 is 0 Å². The van der Waals surface area contributed by atoms with E-state index in [1.165, 1.54) is 19.3 Å². The number of benzene rings is 1. The molecule has 0 amide bonds. The Labute approximate surface area is 111 Å². The van der Waals surface area contributed by atoms with E-state index in [2.05, 4.69) is 36.1 Å². The van der Waals surface area contributed by atoms with E-state index in [0.29, 0.717) is 12.5 Å². The highest BCUT2D eigenvalue weighted by atomic mass is 16.3. The lowest BCUT2D eigenvalue weighted by molar-refractivity contribution is 0.217. The van der Waals surface area contributed by atoms with Gasteiger partial charge in [0.2, 0.25) is 0 Å². The SMILES string of the molecule is CCN(CCCO)CC1CCCc2ccccc21. The van der Waals surface area contributed by atoms with Crippen LogP contribution in [0.15, 0.2) is 24.3 Å². The molecule has 1 aliphatic rings. The molecule has 2 rings (SSSR count). The van der Waals surface area contributed by atoms with Crippen molar-refractivity contribution in [2.75, 3.05) is 26.2 Å². The summed E-state index contributed by atoms with van der Waals surface area (Å²) in [5.41, 5.74) is 3.11. The third-order valence-electron chi connectivity index (χ3n) is 4.05. The maximum atomic E-state index is 8.95. The first-order valence-corrected chi connectivity index (χ1v) is 7.26. The number of likely N-dealkylation sites (N-methyl/N-ethyl adjacent to an activating group) is 1. The van der Waals surface area contributed by atoms with Crippen molar-refractivity contribution in [1.29, 1.82) is 0 Å². The molecule has 1 N–H and O–H groups in total. The summed E-state index contributed by atoms with van der Waals surface area (Å²) in [5, 5.41) is 8.95. The van der Waals surface area contributed by atoms with Crippen LogP contribution in [0, 0.1) is 0 Å². The maximum absolute atomic E-state index is 8.95. The summed E-state index contributed by atoms with van der Waals surface area (Å²) < 4.78 is 0. The molecule has 1 unspecified atom stereocenters. The largest absolute Gasteiger partial charge is 0.396 e. The van der Waals surface area contributed by atoms with Crippen LogP contribution < -0.4 is 0 Å². The van der Waals surface area contributed by atoms with E-state index in [9.17, 15) is 0 Å². The minimum atomic E-state index is 0.303. The molecule has 0 spiro atoms. The predicted octanol–water partition coefficient (Wildman–Crippen LogP) is 2.81. The van der Waals surface area contributed by atoms with Gasteiger partial charge in [-0.25, -0.2) is 0 Å². The Morgan fingerprint density at radius 3 is 2.94 bits per heavy atom. The minimum absolute atomic E-state index is 0.303. The number of fused-ring (bicyclic) bond motifs is 1. The van der Waals surface area contributed by atoms with Crippen molar-refractivity contribution in [3.8, 4) is 0 Å². The molecule has 0 fully saturated rings. The first kappa shape index (κ1) is 13.6. The average molecular weight is 247 g/mol. The monoisotopic (exact) mass is 247 g/mol. The number of rotatable bonds is 6. The Morgan fingerprint density at radius 1 is 1.33 bits per heavy atom. The van der Waals surface area contributed by atoms with Gasteiger partial charge < -0.3 is 10.0 Å². The number of nitrogens with zero attached hydrogens (tertiary/aromatic N) is 1. The summed E-state index contributed by atoms with van der Waals surface area (Å²) in [6.07, 6.45) is 4.77. The molecule has 0 bridgehead atoms. The van der Waals surface area contributed by atoms with Crippen molar-refractivity contribution in [3.05, 3.63) is 35.4 Å². The van der Waals surface area contributed by atoms with Gasteiger partial charge in [0.25, 0.3) is 0 Å². The van der Waals surface area contributed by atoms with E-state index in [4.69, 9.17) is 5.11 Å². The van der Waals surface area contributed by atoms with Crippen molar-refractivity contribution in [2.45, 2.75) is 38.5 Å². The van der Waals surface area contributed by atoms with Crippen LogP contribution in [-0.2, 0) is 6.42 Å². The first-order valence-electron chi connectivity index (χ1n) is 7.26. The van der Waals surface area contributed by atoms with E-state index < -0.39 is 0 Å². The third kappa shape index (κ3) is 3.33. The molecule has 18 heavy (non-hydrogen) atoms. The zero-order valence-corrected chi connectivity index (χ0v) is 11.4. The fraction of sp³-hybridized carbons (Fsp3) is 0.625. The van der Waals surface area contributed by atoms with Crippen molar-refractivity contribution >= 4 is 0 Å². The van der Waals surface area contributed by atoms with E-state index in [1.807, 2.05) is 0 Å². The molecule has 0 heterocycles. The molecule has 1 aromatic carbocycles. The highest BCUT2D eigenvalue weighted by Gasteiger charge is 2.21. The van der Waals surface area contributed by atoms with E-state index in [0.717, 1.165) is 26.1 Å². The second kappa shape index (κ2) is 6.91. The van der Waals surface area contributed by atoms with Gasteiger partial charge in [-0.05, 0) is 49.3 Å². The molecule has 100 valence electrons. The van der Waals surface area contributed by atoms with Gasteiger partial charge in [-0.2, -0.15) is 0 Å². The van der Waals surface area contributed by atoms with Gasteiger partial charge in [0.15, 0.2) is 0 Å². The number of hydrogen-bond donors (Lipinski definition) is 1.